The van der Waals surface area contributed by atoms with Gasteiger partial charge in [0.2, 0.25) is 0 Å². The Bertz CT molecular complexity index is 1280. The van der Waals surface area contributed by atoms with E-state index in [1.807, 2.05) is 36.9 Å². The SMILES string of the molecule is CC(C)(C)c1c(-c2ccc(-c3cccnc3)cc2)cccc1-c1ccc(-c2cccnc2)cc1. The molecule has 0 amide bonds. The Morgan fingerprint density at radius 2 is 0.853 bits per heavy atom. The van der Waals surface area contributed by atoms with E-state index in [-0.39, 0.29) is 5.41 Å². The highest BCUT2D eigenvalue weighted by molar-refractivity contribution is 5.82. The van der Waals surface area contributed by atoms with Crippen LogP contribution in [0.4, 0.5) is 0 Å². The lowest BCUT2D eigenvalue weighted by molar-refractivity contribution is 0.593. The number of benzene rings is 3. The second-order valence-electron chi connectivity index (χ2n) is 9.62. The fraction of sp³-hybridized carbons (Fsp3) is 0.125. The molecule has 2 aromatic heterocycles. The predicted octanol–water partition coefficient (Wildman–Crippen LogP) is 8.44. The topological polar surface area (TPSA) is 25.8 Å². The molecule has 2 heterocycles. The first kappa shape index (κ1) is 21.8. The molecule has 166 valence electrons. The van der Waals surface area contributed by atoms with E-state index in [0.717, 1.165) is 11.1 Å². The normalized spacial score (nSPS) is 11.4. The molecule has 0 unspecified atom stereocenters. The summed E-state index contributed by atoms with van der Waals surface area (Å²) >= 11 is 0. The molecular formula is C32H28N2. The molecule has 0 saturated carbocycles. The van der Waals surface area contributed by atoms with Crippen molar-refractivity contribution in [3.05, 3.63) is 121 Å². The molecule has 3 aromatic carbocycles. The molecule has 0 fully saturated rings. The second-order valence-corrected chi connectivity index (χ2v) is 9.62. The van der Waals surface area contributed by atoms with Gasteiger partial charge in [-0.25, -0.2) is 0 Å². The van der Waals surface area contributed by atoms with Crippen LogP contribution in [0.3, 0.4) is 0 Å². The van der Waals surface area contributed by atoms with Crippen molar-refractivity contribution in [1.82, 2.24) is 9.97 Å². The number of aromatic nitrogens is 2. The maximum atomic E-state index is 4.26. The van der Waals surface area contributed by atoms with Crippen molar-refractivity contribution in [2.75, 3.05) is 0 Å². The molecule has 5 aromatic rings. The summed E-state index contributed by atoms with van der Waals surface area (Å²) in [6, 6.07) is 32.5. The van der Waals surface area contributed by atoms with Crippen LogP contribution in [0.1, 0.15) is 26.3 Å². The van der Waals surface area contributed by atoms with Gasteiger partial charge in [0.05, 0.1) is 0 Å². The zero-order valence-corrected chi connectivity index (χ0v) is 19.9. The monoisotopic (exact) mass is 440 g/mol. The quantitative estimate of drug-likeness (QED) is 0.280. The van der Waals surface area contributed by atoms with E-state index in [9.17, 15) is 0 Å². The highest BCUT2D eigenvalue weighted by Crippen LogP contribution is 2.41. The van der Waals surface area contributed by atoms with Gasteiger partial charge in [-0.3, -0.25) is 9.97 Å². The summed E-state index contributed by atoms with van der Waals surface area (Å²) in [5.74, 6) is 0. The first-order valence-electron chi connectivity index (χ1n) is 11.7. The van der Waals surface area contributed by atoms with Crippen LogP contribution in [-0.2, 0) is 5.41 Å². The smallest absolute Gasteiger partial charge is 0.0346 e. The predicted molar refractivity (Wildman–Crippen MR) is 142 cm³/mol. The summed E-state index contributed by atoms with van der Waals surface area (Å²) in [6.07, 6.45) is 7.43. The van der Waals surface area contributed by atoms with Crippen molar-refractivity contribution in [3.8, 4) is 44.5 Å². The molecule has 0 radical (unpaired) electrons. The minimum Gasteiger partial charge on any atom is -0.264 e. The molecule has 2 nitrogen and oxygen atoms in total. The molecule has 0 aliphatic carbocycles. The number of hydrogen-bond donors (Lipinski definition) is 0. The van der Waals surface area contributed by atoms with Crippen molar-refractivity contribution in [3.63, 3.8) is 0 Å². The number of rotatable bonds is 4. The highest BCUT2D eigenvalue weighted by atomic mass is 14.6. The van der Waals surface area contributed by atoms with E-state index < -0.39 is 0 Å². The summed E-state index contributed by atoms with van der Waals surface area (Å²) in [7, 11) is 0. The van der Waals surface area contributed by atoms with E-state index in [1.165, 1.54) is 38.9 Å². The minimum absolute atomic E-state index is 0.0179. The Balaban J connectivity index is 1.57. The molecule has 34 heavy (non-hydrogen) atoms. The van der Waals surface area contributed by atoms with Crippen LogP contribution in [0, 0.1) is 0 Å². The van der Waals surface area contributed by atoms with Crippen molar-refractivity contribution < 1.29 is 0 Å². The molecule has 0 aliphatic heterocycles. The van der Waals surface area contributed by atoms with Crippen LogP contribution in [0.5, 0.6) is 0 Å². The van der Waals surface area contributed by atoms with E-state index in [0.29, 0.717) is 0 Å². The lowest BCUT2D eigenvalue weighted by Gasteiger charge is -2.27. The van der Waals surface area contributed by atoms with Crippen molar-refractivity contribution in [1.29, 1.82) is 0 Å². The zero-order valence-electron chi connectivity index (χ0n) is 19.9. The summed E-state index contributed by atoms with van der Waals surface area (Å²) in [4.78, 5) is 8.51. The molecule has 5 rings (SSSR count). The summed E-state index contributed by atoms with van der Waals surface area (Å²) in [5, 5.41) is 0. The molecule has 0 N–H and O–H groups in total. The van der Waals surface area contributed by atoms with Crippen molar-refractivity contribution >= 4 is 0 Å². The molecule has 2 heteroatoms. The standard InChI is InChI=1S/C32H28N2/c1-32(2,3)31-29(25-15-11-23(12-16-25)27-7-5-19-33-21-27)9-4-10-30(31)26-17-13-24(14-18-26)28-8-6-20-34-22-28/h4-22H,1-3H3. The molecule has 0 spiro atoms. The van der Waals surface area contributed by atoms with Crippen molar-refractivity contribution in [2.45, 2.75) is 26.2 Å². The fourth-order valence-corrected chi connectivity index (χ4v) is 4.59. The van der Waals surface area contributed by atoms with Gasteiger partial charge in [0, 0.05) is 24.8 Å². The van der Waals surface area contributed by atoms with Crippen LogP contribution < -0.4 is 0 Å². The third-order valence-electron chi connectivity index (χ3n) is 6.20. The number of pyridine rings is 2. The molecule has 0 atom stereocenters. The summed E-state index contributed by atoms with van der Waals surface area (Å²) in [5.41, 5.74) is 11.0. The Morgan fingerprint density at radius 1 is 0.441 bits per heavy atom. The number of hydrogen-bond acceptors (Lipinski definition) is 2. The van der Waals surface area contributed by atoms with E-state index in [1.54, 1.807) is 0 Å². The number of nitrogens with zero attached hydrogens (tertiary/aromatic N) is 2. The van der Waals surface area contributed by atoms with Gasteiger partial charge in [0.1, 0.15) is 0 Å². The molecule has 0 saturated heterocycles. The van der Waals surface area contributed by atoms with E-state index in [2.05, 4.69) is 110 Å². The summed E-state index contributed by atoms with van der Waals surface area (Å²) in [6.45, 7) is 6.88. The molecular weight excluding hydrogens is 412 g/mol. The Hall–Kier alpha value is -4.04. The second kappa shape index (κ2) is 9.07. The first-order chi connectivity index (χ1) is 16.5. The van der Waals surface area contributed by atoms with E-state index in [4.69, 9.17) is 0 Å². The average molecular weight is 441 g/mol. The van der Waals surface area contributed by atoms with Crippen LogP contribution in [0.15, 0.2) is 116 Å². The minimum atomic E-state index is -0.0179. The van der Waals surface area contributed by atoms with Gasteiger partial charge >= 0.3 is 0 Å². The maximum absolute atomic E-state index is 4.26. The van der Waals surface area contributed by atoms with Gasteiger partial charge in [-0.1, -0.05) is 99.6 Å². The zero-order chi connectivity index (χ0) is 23.5. The van der Waals surface area contributed by atoms with Gasteiger partial charge in [0.15, 0.2) is 0 Å². The summed E-state index contributed by atoms with van der Waals surface area (Å²) < 4.78 is 0. The maximum Gasteiger partial charge on any atom is 0.0346 e. The first-order valence-corrected chi connectivity index (χ1v) is 11.7. The Morgan fingerprint density at radius 3 is 1.21 bits per heavy atom. The lowest BCUT2D eigenvalue weighted by atomic mass is 9.77. The van der Waals surface area contributed by atoms with Gasteiger partial charge in [-0.05, 0) is 67.6 Å². The van der Waals surface area contributed by atoms with Gasteiger partial charge in [-0.2, -0.15) is 0 Å². The highest BCUT2D eigenvalue weighted by Gasteiger charge is 2.23. The van der Waals surface area contributed by atoms with Gasteiger partial charge in [0.25, 0.3) is 0 Å². The third kappa shape index (κ3) is 4.40. The van der Waals surface area contributed by atoms with E-state index >= 15 is 0 Å². The fourth-order valence-electron chi connectivity index (χ4n) is 4.59. The Labute approximate surface area is 202 Å². The van der Waals surface area contributed by atoms with Crippen molar-refractivity contribution in [2.24, 2.45) is 0 Å². The lowest BCUT2D eigenvalue weighted by Crippen LogP contribution is -2.14. The van der Waals surface area contributed by atoms with Crippen LogP contribution in [0.25, 0.3) is 44.5 Å². The van der Waals surface area contributed by atoms with Gasteiger partial charge < -0.3 is 0 Å². The largest absolute Gasteiger partial charge is 0.264 e. The van der Waals surface area contributed by atoms with Gasteiger partial charge in [-0.15, -0.1) is 0 Å². The third-order valence-corrected chi connectivity index (χ3v) is 6.20. The van der Waals surface area contributed by atoms with Crippen LogP contribution in [0.2, 0.25) is 0 Å². The Kier molecular flexibility index (Phi) is 5.81. The molecule has 0 bridgehead atoms. The molecule has 0 aliphatic rings. The van der Waals surface area contributed by atoms with Crippen LogP contribution in [-0.4, -0.2) is 9.97 Å². The van der Waals surface area contributed by atoms with Crippen LogP contribution >= 0.6 is 0 Å². The average Bonchev–Trinajstić information content (AvgIpc) is 2.89.